The summed E-state index contributed by atoms with van der Waals surface area (Å²) in [6.07, 6.45) is -4.03. The quantitative estimate of drug-likeness (QED) is 0.617. The van der Waals surface area contributed by atoms with Gasteiger partial charge in [0.15, 0.2) is 0 Å². The SMILES string of the molecule is CC(O)(CNCCc1ccccc1F)c1cccc(C(F)(F)F)c1. The molecule has 0 fully saturated rings. The Kier molecular flexibility index (Phi) is 5.62. The molecule has 1 unspecified atom stereocenters. The first-order chi connectivity index (χ1) is 11.2. The Morgan fingerprint density at radius 1 is 1.00 bits per heavy atom. The number of benzene rings is 2. The van der Waals surface area contributed by atoms with Gasteiger partial charge in [-0.3, -0.25) is 0 Å². The summed E-state index contributed by atoms with van der Waals surface area (Å²) >= 11 is 0. The second kappa shape index (κ2) is 7.32. The van der Waals surface area contributed by atoms with Crippen molar-refractivity contribution in [2.75, 3.05) is 13.1 Å². The van der Waals surface area contributed by atoms with Crippen LogP contribution in [-0.2, 0) is 18.2 Å². The Bertz CT molecular complexity index is 683. The summed E-state index contributed by atoms with van der Waals surface area (Å²) in [5.74, 6) is -0.302. The third-order valence-corrected chi connectivity index (χ3v) is 3.81. The second-order valence-electron chi connectivity index (χ2n) is 5.87. The summed E-state index contributed by atoms with van der Waals surface area (Å²) in [5.41, 5.74) is -1.54. The first-order valence-corrected chi connectivity index (χ1v) is 7.54. The molecule has 0 saturated carbocycles. The molecule has 0 aromatic heterocycles. The molecule has 0 aliphatic heterocycles. The molecule has 0 amide bonds. The minimum absolute atomic E-state index is 0.0583. The van der Waals surface area contributed by atoms with Gasteiger partial charge in [-0.25, -0.2) is 4.39 Å². The number of rotatable bonds is 6. The van der Waals surface area contributed by atoms with E-state index < -0.39 is 17.3 Å². The Labute approximate surface area is 138 Å². The minimum Gasteiger partial charge on any atom is -0.384 e. The fraction of sp³-hybridized carbons (Fsp3) is 0.333. The molecule has 1 atom stereocenters. The highest BCUT2D eigenvalue weighted by Gasteiger charge is 2.32. The topological polar surface area (TPSA) is 32.3 Å². The van der Waals surface area contributed by atoms with E-state index in [0.717, 1.165) is 12.1 Å². The van der Waals surface area contributed by atoms with Gasteiger partial charge in [0.1, 0.15) is 5.82 Å². The number of halogens is 4. The van der Waals surface area contributed by atoms with E-state index in [4.69, 9.17) is 0 Å². The molecule has 0 aliphatic rings. The van der Waals surface area contributed by atoms with Crippen LogP contribution in [0.25, 0.3) is 0 Å². The largest absolute Gasteiger partial charge is 0.416 e. The summed E-state index contributed by atoms with van der Waals surface area (Å²) in [5, 5.41) is 13.4. The van der Waals surface area contributed by atoms with Gasteiger partial charge in [0.25, 0.3) is 0 Å². The highest BCUT2D eigenvalue weighted by atomic mass is 19.4. The Morgan fingerprint density at radius 2 is 1.67 bits per heavy atom. The van der Waals surface area contributed by atoms with Gasteiger partial charge in [0.2, 0.25) is 0 Å². The maximum Gasteiger partial charge on any atom is 0.416 e. The molecule has 2 rings (SSSR count). The number of alkyl halides is 3. The standard InChI is InChI=1S/C18H19F4NO/c1-17(24,14-6-4-7-15(11-14)18(20,21)22)12-23-10-9-13-5-2-3-8-16(13)19/h2-8,11,23-24H,9-10,12H2,1H3. The summed E-state index contributed by atoms with van der Waals surface area (Å²) in [4.78, 5) is 0. The molecule has 0 bridgehead atoms. The fourth-order valence-electron chi connectivity index (χ4n) is 2.39. The van der Waals surface area contributed by atoms with Crippen molar-refractivity contribution in [1.29, 1.82) is 0 Å². The number of nitrogens with one attached hydrogen (secondary N) is 1. The number of hydrogen-bond donors (Lipinski definition) is 2. The molecule has 2 aromatic rings. The molecule has 0 spiro atoms. The lowest BCUT2D eigenvalue weighted by Crippen LogP contribution is -2.36. The Balaban J connectivity index is 1.95. The normalized spacial score (nSPS) is 14.4. The Morgan fingerprint density at radius 3 is 2.33 bits per heavy atom. The number of hydrogen-bond acceptors (Lipinski definition) is 2. The van der Waals surface area contributed by atoms with E-state index in [-0.39, 0.29) is 17.9 Å². The van der Waals surface area contributed by atoms with Crippen molar-refractivity contribution in [2.24, 2.45) is 0 Å². The van der Waals surface area contributed by atoms with Crippen LogP contribution >= 0.6 is 0 Å². The first-order valence-electron chi connectivity index (χ1n) is 7.54. The molecule has 130 valence electrons. The lowest BCUT2D eigenvalue weighted by molar-refractivity contribution is -0.137. The molecule has 0 aliphatic carbocycles. The lowest BCUT2D eigenvalue weighted by atomic mass is 9.94. The van der Waals surface area contributed by atoms with E-state index in [1.807, 2.05) is 0 Å². The second-order valence-corrected chi connectivity index (χ2v) is 5.87. The molecule has 6 heteroatoms. The maximum absolute atomic E-state index is 13.5. The maximum atomic E-state index is 13.5. The van der Waals surface area contributed by atoms with Gasteiger partial charge in [-0.1, -0.05) is 30.3 Å². The van der Waals surface area contributed by atoms with Crippen molar-refractivity contribution in [2.45, 2.75) is 25.1 Å². The van der Waals surface area contributed by atoms with E-state index in [0.29, 0.717) is 18.5 Å². The van der Waals surface area contributed by atoms with Crippen molar-refractivity contribution in [3.05, 3.63) is 71.0 Å². The zero-order valence-electron chi connectivity index (χ0n) is 13.2. The van der Waals surface area contributed by atoms with Gasteiger partial charge in [-0.15, -0.1) is 0 Å². The van der Waals surface area contributed by atoms with Crippen LogP contribution < -0.4 is 5.32 Å². The van der Waals surface area contributed by atoms with E-state index in [9.17, 15) is 22.7 Å². The van der Waals surface area contributed by atoms with Crippen molar-refractivity contribution in [1.82, 2.24) is 5.32 Å². The minimum atomic E-state index is -4.45. The van der Waals surface area contributed by atoms with Crippen LogP contribution in [0, 0.1) is 5.82 Å². The number of aliphatic hydroxyl groups is 1. The highest BCUT2D eigenvalue weighted by molar-refractivity contribution is 5.29. The van der Waals surface area contributed by atoms with Crippen LogP contribution in [0.2, 0.25) is 0 Å². The van der Waals surface area contributed by atoms with Crippen molar-refractivity contribution < 1.29 is 22.7 Å². The summed E-state index contributed by atoms with van der Waals surface area (Å²) in [7, 11) is 0. The van der Waals surface area contributed by atoms with E-state index in [2.05, 4.69) is 5.32 Å². The van der Waals surface area contributed by atoms with Crippen LogP contribution in [0.1, 0.15) is 23.6 Å². The van der Waals surface area contributed by atoms with E-state index in [1.54, 1.807) is 18.2 Å². The average Bonchev–Trinajstić information content (AvgIpc) is 2.52. The van der Waals surface area contributed by atoms with Gasteiger partial charge in [0, 0.05) is 6.54 Å². The predicted molar refractivity (Wildman–Crippen MR) is 84.0 cm³/mol. The zero-order chi connectivity index (χ0) is 17.8. The molecule has 0 radical (unpaired) electrons. The molecule has 2 N–H and O–H groups in total. The van der Waals surface area contributed by atoms with Gasteiger partial charge in [0.05, 0.1) is 11.2 Å². The Hall–Kier alpha value is -1.92. The zero-order valence-corrected chi connectivity index (χ0v) is 13.2. The van der Waals surface area contributed by atoms with E-state index in [1.165, 1.54) is 25.1 Å². The van der Waals surface area contributed by atoms with Crippen LogP contribution in [0.5, 0.6) is 0 Å². The molecule has 2 aromatic carbocycles. The molecule has 0 heterocycles. The smallest absolute Gasteiger partial charge is 0.384 e. The monoisotopic (exact) mass is 341 g/mol. The van der Waals surface area contributed by atoms with Crippen LogP contribution in [-0.4, -0.2) is 18.2 Å². The van der Waals surface area contributed by atoms with Crippen LogP contribution in [0.4, 0.5) is 17.6 Å². The van der Waals surface area contributed by atoms with Crippen LogP contribution in [0.3, 0.4) is 0 Å². The lowest BCUT2D eigenvalue weighted by Gasteiger charge is -2.25. The summed E-state index contributed by atoms with van der Waals surface area (Å²) in [6.45, 7) is 1.90. The average molecular weight is 341 g/mol. The molecular formula is C18H19F4NO. The third kappa shape index (κ3) is 4.79. The molecule has 2 nitrogen and oxygen atoms in total. The summed E-state index contributed by atoms with van der Waals surface area (Å²) < 4.78 is 51.8. The van der Waals surface area contributed by atoms with Crippen molar-refractivity contribution in [3.8, 4) is 0 Å². The first kappa shape index (κ1) is 18.4. The van der Waals surface area contributed by atoms with Crippen molar-refractivity contribution >= 4 is 0 Å². The van der Waals surface area contributed by atoms with Gasteiger partial charge in [-0.2, -0.15) is 13.2 Å². The highest BCUT2D eigenvalue weighted by Crippen LogP contribution is 2.31. The molecule has 24 heavy (non-hydrogen) atoms. The summed E-state index contributed by atoms with van der Waals surface area (Å²) in [6, 6.07) is 11.0. The molecular weight excluding hydrogens is 322 g/mol. The van der Waals surface area contributed by atoms with Gasteiger partial charge >= 0.3 is 6.18 Å². The third-order valence-electron chi connectivity index (χ3n) is 3.81. The predicted octanol–water partition coefficient (Wildman–Crippen LogP) is 3.88. The van der Waals surface area contributed by atoms with Gasteiger partial charge < -0.3 is 10.4 Å². The van der Waals surface area contributed by atoms with Crippen LogP contribution in [0.15, 0.2) is 48.5 Å². The fourth-order valence-corrected chi connectivity index (χ4v) is 2.39. The van der Waals surface area contributed by atoms with Crippen molar-refractivity contribution in [3.63, 3.8) is 0 Å². The van der Waals surface area contributed by atoms with E-state index >= 15 is 0 Å². The van der Waals surface area contributed by atoms with Gasteiger partial charge in [-0.05, 0) is 49.2 Å². The molecule has 0 saturated heterocycles.